The quantitative estimate of drug-likeness (QED) is 0.624. The number of ketones is 1. The van der Waals surface area contributed by atoms with Crippen molar-refractivity contribution in [3.8, 4) is 11.5 Å². The molecule has 0 aliphatic rings. The Kier molecular flexibility index (Phi) is 4.15. The Balaban J connectivity index is 3.25. The number of halogens is 1. The molecule has 0 aliphatic carbocycles. The highest BCUT2D eigenvalue weighted by atomic mass is 79.9. The number of methoxy groups -OCH3 is 2. The number of carbonyl (C=O) groups excluding carboxylic acids is 1. The Hall–Kier alpha value is -1.03. The second-order valence-corrected chi connectivity index (χ2v) is 3.65. The van der Waals surface area contributed by atoms with Gasteiger partial charge in [-0.2, -0.15) is 0 Å². The maximum absolute atomic E-state index is 11.5. The predicted molar refractivity (Wildman–Crippen MR) is 62.4 cm³/mol. The lowest BCUT2D eigenvalue weighted by Gasteiger charge is -2.11. The fourth-order valence-corrected chi connectivity index (χ4v) is 1.72. The molecule has 0 saturated heterocycles. The van der Waals surface area contributed by atoms with Gasteiger partial charge in [0.1, 0.15) is 0 Å². The van der Waals surface area contributed by atoms with Gasteiger partial charge < -0.3 is 9.47 Å². The summed E-state index contributed by atoms with van der Waals surface area (Å²) in [5, 5.41) is 0.307. The van der Waals surface area contributed by atoms with Gasteiger partial charge in [0.25, 0.3) is 0 Å². The van der Waals surface area contributed by atoms with Crippen LogP contribution in [0.15, 0.2) is 12.1 Å². The molecule has 3 nitrogen and oxygen atoms in total. The third kappa shape index (κ3) is 2.50. The van der Waals surface area contributed by atoms with Crippen molar-refractivity contribution in [3.63, 3.8) is 0 Å². The van der Waals surface area contributed by atoms with Crippen LogP contribution in [0.4, 0.5) is 0 Å². The second-order valence-electron chi connectivity index (χ2n) is 3.09. The van der Waals surface area contributed by atoms with Crippen molar-refractivity contribution >= 4 is 21.7 Å². The fourth-order valence-electron chi connectivity index (χ4n) is 1.39. The fraction of sp³-hybridized carbons (Fsp3) is 0.364. The smallest absolute Gasteiger partial charge is 0.173 e. The molecule has 0 saturated carbocycles. The molecule has 0 heterocycles. The number of benzene rings is 1. The number of hydrogen-bond acceptors (Lipinski definition) is 3. The third-order valence-corrected chi connectivity index (χ3v) is 2.62. The zero-order chi connectivity index (χ0) is 11.4. The van der Waals surface area contributed by atoms with E-state index < -0.39 is 0 Å². The van der Waals surface area contributed by atoms with Crippen LogP contribution >= 0.6 is 15.9 Å². The monoisotopic (exact) mass is 272 g/mol. The van der Waals surface area contributed by atoms with Crippen molar-refractivity contribution in [1.29, 1.82) is 0 Å². The minimum Gasteiger partial charge on any atom is -0.493 e. The van der Waals surface area contributed by atoms with Crippen molar-refractivity contribution in [1.82, 2.24) is 0 Å². The molecule has 0 spiro atoms. The van der Waals surface area contributed by atoms with Gasteiger partial charge in [-0.25, -0.2) is 0 Å². The standard InChI is InChI=1S/C11H13BrO3/c1-7-4-8(9(13)6-12)5-10(14-2)11(7)15-3/h4-5H,6H2,1-3H3. The highest BCUT2D eigenvalue weighted by Gasteiger charge is 2.12. The molecule has 0 fully saturated rings. The molecule has 0 amide bonds. The first-order valence-electron chi connectivity index (χ1n) is 4.45. The van der Waals surface area contributed by atoms with E-state index in [2.05, 4.69) is 15.9 Å². The van der Waals surface area contributed by atoms with E-state index in [4.69, 9.17) is 9.47 Å². The number of ether oxygens (including phenoxy) is 2. The topological polar surface area (TPSA) is 35.5 Å². The molecule has 0 N–H and O–H groups in total. The maximum atomic E-state index is 11.5. The van der Waals surface area contributed by atoms with Crippen molar-refractivity contribution in [3.05, 3.63) is 23.3 Å². The van der Waals surface area contributed by atoms with Crippen LogP contribution in [-0.2, 0) is 0 Å². The first kappa shape index (κ1) is 12.0. The summed E-state index contributed by atoms with van der Waals surface area (Å²) in [5.41, 5.74) is 1.52. The van der Waals surface area contributed by atoms with Crippen molar-refractivity contribution in [2.75, 3.05) is 19.5 Å². The van der Waals surface area contributed by atoms with Gasteiger partial charge in [0.2, 0.25) is 0 Å². The zero-order valence-electron chi connectivity index (χ0n) is 8.96. The van der Waals surface area contributed by atoms with E-state index in [-0.39, 0.29) is 5.78 Å². The number of Topliss-reactive ketones (excluding diaryl/α,β-unsaturated/α-hetero) is 1. The zero-order valence-corrected chi connectivity index (χ0v) is 10.6. The van der Waals surface area contributed by atoms with Gasteiger partial charge in [-0.3, -0.25) is 4.79 Å². The first-order valence-corrected chi connectivity index (χ1v) is 5.58. The Morgan fingerprint density at radius 1 is 1.33 bits per heavy atom. The van der Waals surface area contributed by atoms with E-state index in [1.807, 2.05) is 6.92 Å². The molecule has 1 aromatic rings. The Morgan fingerprint density at radius 3 is 2.47 bits per heavy atom. The number of hydrogen-bond donors (Lipinski definition) is 0. The molecule has 0 unspecified atom stereocenters. The van der Waals surface area contributed by atoms with Crippen molar-refractivity contribution < 1.29 is 14.3 Å². The summed E-state index contributed by atoms with van der Waals surface area (Å²) >= 11 is 3.14. The SMILES string of the molecule is COc1cc(C(=O)CBr)cc(C)c1OC. The molecule has 0 radical (unpaired) electrons. The highest BCUT2D eigenvalue weighted by molar-refractivity contribution is 9.09. The molecule has 0 bridgehead atoms. The van der Waals surface area contributed by atoms with Gasteiger partial charge in [0, 0.05) is 5.56 Å². The summed E-state index contributed by atoms with van der Waals surface area (Å²) in [6.07, 6.45) is 0. The van der Waals surface area contributed by atoms with Gasteiger partial charge in [-0.15, -0.1) is 0 Å². The van der Waals surface area contributed by atoms with Gasteiger partial charge in [0.05, 0.1) is 19.5 Å². The molecule has 82 valence electrons. The molecule has 0 aliphatic heterocycles. The normalized spacial score (nSPS) is 9.87. The van der Waals surface area contributed by atoms with E-state index in [9.17, 15) is 4.79 Å². The first-order chi connectivity index (χ1) is 7.13. The number of rotatable bonds is 4. The minimum absolute atomic E-state index is 0.0269. The van der Waals surface area contributed by atoms with Crippen LogP contribution in [0.2, 0.25) is 0 Å². The van der Waals surface area contributed by atoms with Gasteiger partial charge in [-0.05, 0) is 24.6 Å². The Morgan fingerprint density at radius 2 is 2.00 bits per heavy atom. The summed E-state index contributed by atoms with van der Waals surface area (Å²) in [5.74, 6) is 1.28. The second kappa shape index (κ2) is 5.16. The largest absolute Gasteiger partial charge is 0.493 e. The van der Waals surface area contributed by atoms with Gasteiger partial charge >= 0.3 is 0 Å². The number of aryl methyl sites for hydroxylation is 1. The van der Waals surface area contributed by atoms with Crippen molar-refractivity contribution in [2.24, 2.45) is 0 Å². The molecule has 15 heavy (non-hydrogen) atoms. The predicted octanol–water partition coefficient (Wildman–Crippen LogP) is 2.59. The molecule has 0 atom stereocenters. The van der Waals surface area contributed by atoms with E-state index in [0.29, 0.717) is 22.4 Å². The average molecular weight is 273 g/mol. The maximum Gasteiger partial charge on any atom is 0.173 e. The van der Waals surface area contributed by atoms with E-state index in [0.717, 1.165) is 5.56 Å². The van der Waals surface area contributed by atoms with Crippen LogP contribution in [0.1, 0.15) is 15.9 Å². The summed E-state index contributed by atoms with van der Waals surface area (Å²) < 4.78 is 10.3. The summed E-state index contributed by atoms with van der Waals surface area (Å²) in [6, 6.07) is 3.49. The van der Waals surface area contributed by atoms with Crippen LogP contribution in [0.5, 0.6) is 11.5 Å². The summed E-state index contributed by atoms with van der Waals surface area (Å²) in [7, 11) is 3.14. The summed E-state index contributed by atoms with van der Waals surface area (Å²) in [4.78, 5) is 11.5. The molecule has 4 heteroatoms. The third-order valence-electron chi connectivity index (χ3n) is 2.11. The van der Waals surface area contributed by atoms with Crippen LogP contribution < -0.4 is 9.47 Å². The number of carbonyl (C=O) groups is 1. The van der Waals surface area contributed by atoms with Crippen LogP contribution in [0.25, 0.3) is 0 Å². The van der Waals surface area contributed by atoms with Crippen LogP contribution in [0.3, 0.4) is 0 Å². The van der Waals surface area contributed by atoms with E-state index in [1.165, 1.54) is 0 Å². The highest BCUT2D eigenvalue weighted by Crippen LogP contribution is 2.32. The lowest BCUT2D eigenvalue weighted by molar-refractivity contribution is 0.102. The Bertz CT molecular complexity index is 374. The van der Waals surface area contributed by atoms with Crippen LogP contribution in [-0.4, -0.2) is 25.3 Å². The van der Waals surface area contributed by atoms with Gasteiger partial charge in [0.15, 0.2) is 17.3 Å². The van der Waals surface area contributed by atoms with Crippen LogP contribution in [0, 0.1) is 6.92 Å². The average Bonchev–Trinajstić information content (AvgIpc) is 2.26. The lowest BCUT2D eigenvalue weighted by atomic mass is 10.1. The molecular formula is C11H13BrO3. The Labute approximate surface area is 97.5 Å². The molecule has 1 aromatic carbocycles. The summed E-state index contributed by atoms with van der Waals surface area (Å²) in [6.45, 7) is 1.88. The van der Waals surface area contributed by atoms with Crippen molar-refractivity contribution in [2.45, 2.75) is 6.92 Å². The number of alkyl halides is 1. The van der Waals surface area contributed by atoms with Gasteiger partial charge in [-0.1, -0.05) is 15.9 Å². The van der Waals surface area contributed by atoms with E-state index in [1.54, 1.807) is 26.4 Å². The molecule has 0 aromatic heterocycles. The minimum atomic E-state index is 0.0269. The molecule has 1 rings (SSSR count). The van der Waals surface area contributed by atoms with E-state index >= 15 is 0 Å². The lowest BCUT2D eigenvalue weighted by Crippen LogP contribution is -2.02. The molecular weight excluding hydrogens is 260 g/mol.